The van der Waals surface area contributed by atoms with E-state index in [1.165, 1.54) is 0 Å². The molecule has 1 saturated heterocycles. The van der Waals surface area contributed by atoms with Crippen LogP contribution < -0.4 is 0 Å². The summed E-state index contributed by atoms with van der Waals surface area (Å²) in [5.41, 5.74) is 0.915. The zero-order valence-corrected chi connectivity index (χ0v) is 14.6. The molecule has 0 radical (unpaired) electrons. The van der Waals surface area contributed by atoms with Gasteiger partial charge < -0.3 is 9.64 Å². The van der Waals surface area contributed by atoms with Gasteiger partial charge >= 0.3 is 5.97 Å². The van der Waals surface area contributed by atoms with Gasteiger partial charge in [0.05, 0.1) is 13.0 Å². The fourth-order valence-corrected chi connectivity index (χ4v) is 4.13. The molecule has 0 aromatic heterocycles. The Hall–Kier alpha value is -2.17. The lowest BCUT2D eigenvalue weighted by atomic mass is 9.93. The third-order valence-electron chi connectivity index (χ3n) is 5.27. The van der Waals surface area contributed by atoms with Crippen molar-refractivity contribution in [2.45, 2.75) is 57.5 Å². The van der Waals surface area contributed by atoms with Crippen LogP contribution in [0.1, 0.15) is 44.6 Å². The summed E-state index contributed by atoms with van der Waals surface area (Å²) < 4.78 is 5.18. The number of benzene rings is 1. The third-order valence-corrected chi connectivity index (χ3v) is 5.27. The van der Waals surface area contributed by atoms with Gasteiger partial charge in [-0.1, -0.05) is 36.8 Å². The van der Waals surface area contributed by atoms with Gasteiger partial charge in [-0.2, -0.15) is 0 Å². The van der Waals surface area contributed by atoms with E-state index >= 15 is 0 Å². The average Bonchev–Trinajstić information content (AvgIpc) is 2.90. The van der Waals surface area contributed by atoms with E-state index in [1.54, 1.807) is 11.8 Å². The average molecular weight is 343 g/mol. The smallest absolute Gasteiger partial charge is 0.328 e. The Morgan fingerprint density at radius 1 is 1.20 bits per heavy atom. The molecule has 0 N–H and O–H groups in total. The number of nitrogens with zero attached hydrogens (tertiary/aromatic N) is 1. The molecule has 1 aromatic carbocycles. The summed E-state index contributed by atoms with van der Waals surface area (Å²) in [5.74, 6) is -0.514. The number of ketones is 1. The van der Waals surface area contributed by atoms with Crippen molar-refractivity contribution in [3.8, 4) is 0 Å². The van der Waals surface area contributed by atoms with Gasteiger partial charge in [0.25, 0.3) is 0 Å². The second-order valence-electron chi connectivity index (χ2n) is 6.85. The minimum Gasteiger partial charge on any atom is -0.464 e. The number of fused-ring (bicyclic) bond motifs is 1. The second-order valence-corrected chi connectivity index (χ2v) is 6.85. The highest BCUT2D eigenvalue weighted by Gasteiger charge is 2.50. The highest BCUT2D eigenvalue weighted by molar-refractivity contribution is 5.90. The van der Waals surface area contributed by atoms with Crippen LogP contribution in [0, 0.1) is 5.92 Å². The minimum absolute atomic E-state index is 0.0912. The van der Waals surface area contributed by atoms with Crippen molar-refractivity contribution in [3.05, 3.63) is 35.9 Å². The van der Waals surface area contributed by atoms with Gasteiger partial charge in [0.1, 0.15) is 11.8 Å². The maximum absolute atomic E-state index is 13.0. The van der Waals surface area contributed by atoms with Crippen molar-refractivity contribution in [3.63, 3.8) is 0 Å². The highest BCUT2D eigenvalue weighted by Crippen LogP contribution is 2.38. The van der Waals surface area contributed by atoms with Gasteiger partial charge in [-0.05, 0) is 31.7 Å². The normalized spacial score (nSPS) is 26.0. The maximum atomic E-state index is 13.0. The van der Waals surface area contributed by atoms with Crippen LogP contribution in [0.5, 0.6) is 0 Å². The predicted molar refractivity (Wildman–Crippen MR) is 92.8 cm³/mol. The molecule has 2 fully saturated rings. The number of hydrogen-bond donors (Lipinski definition) is 0. The standard InChI is InChI=1S/C20H25NO4/c1-2-25-20(24)17-13-15-16(10-6-7-11-18(15)22)21(17)19(23)12-14-8-4-3-5-9-14/h3-5,8-9,15-17H,2,6-7,10-13H2,1H3/t15-,16-,17-/m1/s1. The van der Waals surface area contributed by atoms with E-state index in [-0.39, 0.29) is 42.6 Å². The molecule has 1 aliphatic heterocycles. The van der Waals surface area contributed by atoms with E-state index in [1.807, 2.05) is 30.3 Å². The van der Waals surface area contributed by atoms with Gasteiger partial charge in [0.15, 0.2) is 0 Å². The molecule has 134 valence electrons. The van der Waals surface area contributed by atoms with Gasteiger partial charge in [-0.25, -0.2) is 4.79 Å². The fraction of sp³-hybridized carbons (Fsp3) is 0.550. The Balaban J connectivity index is 1.85. The van der Waals surface area contributed by atoms with Crippen molar-refractivity contribution in [1.82, 2.24) is 4.90 Å². The number of rotatable bonds is 4. The van der Waals surface area contributed by atoms with Crippen molar-refractivity contribution < 1.29 is 19.1 Å². The monoisotopic (exact) mass is 343 g/mol. The molecular weight excluding hydrogens is 318 g/mol. The number of carbonyl (C=O) groups is 3. The van der Waals surface area contributed by atoms with Crippen LogP contribution in [0.15, 0.2) is 30.3 Å². The van der Waals surface area contributed by atoms with Crippen molar-refractivity contribution in [1.29, 1.82) is 0 Å². The summed E-state index contributed by atoms with van der Waals surface area (Å²) in [6, 6.07) is 8.71. The summed E-state index contributed by atoms with van der Waals surface area (Å²) in [6.45, 7) is 2.03. The molecular formula is C20H25NO4. The Morgan fingerprint density at radius 2 is 1.96 bits per heavy atom. The summed E-state index contributed by atoms with van der Waals surface area (Å²) in [7, 11) is 0. The first kappa shape index (κ1) is 17.6. The molecule has 2 aliphatic rings. The number of esters is 1. The van der Waals surface area contributed by atoms with Crippen molar-refractivity contribution >= 4 is 17.7 Å². The summed E-state index contributed by atoms with van der Waals surface area (Å²) in [4.78, 5) is 39.6. The Kier molecular flexibility index (Phi) is 5.51. The van der Waals surface area contributed by atoms with E-state index in [0.29, 0.717) is 12.8 Å². The first-order valence-electron chi connectivity index (χ1n) is 9.16. The van der Waals surface area contributed by atoms with Crippen molar-refractivity contribution in [2.24, 2.45) is 5.92 Å². The minimum atomic E-state index is -0.631. The number of ether oxygens (including phenoxy) is 1. The number of carbonyl (C=O) groups excluding carboxylic acids is 3. The quantitative estimate of drug-likeness (QED) is 0.788. The molecule has 25 heavy (non-hydrogen) atoms. The molecule has 1 amide bonds. The van der Waals surface area contributed by atoms with Crippen LogP contribution in [0.25, 0.3) is 0 Å². The van der Waals surface area contributed by atoms with Gasteiger partial charge in [-0.15, -0.1) is 0 Å². The van der Waals surface area contributed by atoms with Crippen LogP contribution in [0.2, 0.25) is 0 Å². The lowest BCUT2D eigenvalue weighted by molar-refractivity contribution is -0.154. The molecule has 3 rings (SSSR count). The number of amides is 1. The van der Waals surface area contributed by atoms with Crippen LogP contribution >= 0.6 is 0 Å². The van der Waals surface area contributed by atoms with Crippen LogP contribution in [0.4, 0.5) is 0 Å². The van der Waals surface area contributed by atoms with E-state index < -0.39 is 6.04 Å². The fourth-order valence-electron chi connectivity index (χ4n) is 4.13. The molecule has 0 bridgehead atoms. The zero-order valence-electron chi connectivity index (χ0n) is 14.6. The maximum Gasteiger partial charge on any atom is 0.328 e. The molecule has 0 unspecified atom stereocenters. The first-order chi connectivity index (χ1) is 12.1. The molecule has 1 aliphatic carbocycles. The first-order valence-corrected chi connectivity index (χ1v) is 9.16. The Morgan fingerprint density at radius 3 is 2.68 bits per heavy atom. The molecule has 3 atom stereocenters. The van der Waals surface area contributed by atoms with Crippen LogP contribution in [-0.4, -0.2) is 41.3 Å². The molecule has 5 nitrogen and oxygen atoms in total. The predicted octanol–water partition coefficient (Wildman–Crippen LogP) is 2.52. The number of hydrogen-bond acceptors (Lipinski definition) is 4. The van der Waals surface area contributed by atoms with Gasteiger partial charge in [0, 0.05) is 18.4 Å². The summed E-state index contributed by atoms with van der Waals surface area (Å²) in [6.07, 6.45) is 3.77. The topological polar surface area (TPSA) is 63.7 Å². The number of Topliss-reactive ketones (excluding diaryl/α,β-unsaturated/α-hetero) is 1. The second kappa shape index (κ2) is 7.81. The van der Waals surface area contributed by atoms with Crippen LogP contribution in [-0.2, 0) is 25.5 Å². The van der Waals surface area contributed by atoms with E-state index in [2.05, 4.69) is 0 Å². The van der Waals surface area contributed by atoms with E-state index in [9.17, 15) is 14.4 Å². The molecule has 1 heterocycles. The van der Waals surface area contributed by atoms with Gasteiger partial charge in [0.2, 0.25) is 5.91 Å². The van der Waals surface area contributed by atoms with Crippen LogP contribution in [0.3, 0.4) is 0 Å². The molecule has 1 saturated carbocycles. The summed E-state index contributed by atoms with van der Waals surface area (Å²) in [5, 5.41) is 0. The Bertz CT molecular complexity index is 642. The molecule has 1 aromatic rings. The zero-order chi connectivity index (χ0) is 17.8. The largest absolute Gasteiger partial charge is 0.464 e. The van der Waals surface area contributed by atoms with E-state index in [0.717, 1.165) is 24.8 Å². The SMILES string of the molecule is CCOC(=O)[C@H]1C[C@H]2C(=O)CCCC[C@H]2N1C(=O)Cc1ccccc1. The molecule has 0 spiro atoms. The lowest BCUT2D eigenvalue weighted by Crippen LogP contribution is -2.47. The molecule has 5 heteroatoms. The third kappa shape index (κ3) is 3.75. The van der Waals surface area contributed by atoms with E-state index in [4.69, 9.17) is 4.74 Å². The summed E-state index contributed by atoms with van der Waals surface area (Å²) >= 11 is 0. The Labute approximate surface area is 148 Å². The van der Waals surface area contributed by atoms with Crippen molar-refractivity contribution in [2.75, 3.05) is 6.61 Å². The van der Waals surface area contributed by atoms with Gasteiger partial charge in [-0.3, -0.25) is 9.59 Å². The lowest BCUT2D eigenvalue weighted by Gasteiger charge is -2.30. The number of likely N-dealkylation sites (tertiary alicyclic amines) is 1. The highest BCUT2D eigenvalue weighted by atomic mass is 16.5.